The highest BCUT2D eigenvalue weighted by Gasteiger charge is 2.37. The van der Waals surface area contributed by atoms with E-state index in [1.165, 1.54) is 24.9 Å². The van der Waals surface area contributed by atoms with Gasteiger partial charge in [0.15, 0.2) is 15.6 Å². The number of terminal acetylenes is 1. The molecule has 0 aliphatic heterocycles. The number of thiol groups is 1. The summed E-state index contributed by atoms with van der Waals surface area (Å²) in [6.45, 7) is 5.62. The van der Waals surface area contributed by atoms with Gasteiger partial charge in [0, 0.05) is 97.1 Å². The van der Waals surface area contributed by atoms with Gasteiger partial charge in [-0.25, -0.2) is 13.7 Å². The molecule has 0 fully saturated rings. The van der Waals surface area contributed by atoms with Crippen LogP contribution in [0.2, 0.25) is 0 Å². The van der Waals surface area contributed by atoms with Gasteiger partial charge in [-0.15, -0.1) is 10.8 Å². The number of methoxy groups -OCH3 is 1. The molecule has 0 spiro atoms. The molecule has 67 heavy (non-hydrogen) atoms. The summed E-state index contributed by atoms with van der Waals surface area (Å²) in [5.41, 5.74) is -0.126. The first-order valence-corrected chi connectivity index (χ1v) is 20.9. The van der Waals surface area contributed by atoms with Crippen molar-refractivity contribution in [1.29, 1.82) is 0 Å². The molecule has 0 atom stereocenters. The molecule has 0 amide bonds. The molecule has 2 rings (SSSR count). The number of carbonyl (C=O) groups excluding carboxylic acids is 2. The van der Waals surface area contributed by atoms with Crippen molar-refractivity contribution >= 4 is 40.5 Å². The first kappa shape index (κ1) is 58.7. The van der Waals surface area contributed by atoms with Crippen LogP contribution in [-0.2, 0) is 39.0 Å². The molecule has 0 saturated carbocycles. The number of hydrogen-bond acceptors (Lipinski definition) is 15. The SMILES string of the molecule is C#CC#CC#CC#CC#CC#CC#CC#CC#CC#CC#CC#CC.CCCCC(C=O)(CCCC)CS(=O)(=O)c1ccc([N+](=O)[O-])cc1C(=O)c1ccc(OC)cc1.OOONOOOS.[HH].[HH].[HH].[HH].[HH].[HH].[HH].[HH].[HH].[HH].[HH].[HH].[HH].[HH]. The molecule has 0 aliphatic carbocycles. The van der Waals surface area contributed by atoms with Crippen LogP contribution in [0.4, 0.5) is 5.69 Å². The van der Waals surface area contributed by atoms with Crippen molar-refractivity contribution in [3.63, 3.8) is 0 Å². The number of unbranched alkanes of at least 4 members (excludes halogenated alkanes) is 2. The van der Waals surface area contributed by atoms with Crippen LogP contribution in [0.1, 0.15) is 95.2 Å². The lowest BCUT2D eigenvalue weighted by Crippen LogP contribution is -2.33. The zero-order valence-electron chi connectivity index (χ0n) is 36.3. The highest BCUT2D eigenvalue weighted by atomic mass is 32.2. The Hall–Kier alpha value is -8.28. The second-order valence-electron chi connectivity index (χ2n) is 11.9. The van der Waals surface area contributed by atoms with Crippen LogP contribution in [0.25, 0.3) is 0 Å². The summed E-state index contributed by atoms with van der Waals surface area (Å²) in [5, 5.41) is 25.3. The number of aldehydes is 1. The summed E-state index contributed by atoms with van der Waals surface area (Å²) in [5.74, 6) is 56.3. The molecule has 0 saturated heterocycles. The number of nitro groups is 1. The molecule has 2 aromatic carbocycles. The largest absolute Gasteiger partial charge is 0.497 e. The van der Waals surface area contributed by atoms with Gasteiger partial charge in [0.25, 0.3) is 5.69 Å². The predicted octanol–water partition coefficient (Wildman–Crippen LogP) is 8.85. The van der Waals surface area contributed by atoms with E-state index >= 15 is 0 Å². The minimum absolute atomic E-state index is 0. The van der Waals surface area contributed by atoms with Crippen molar-refractivity contribution in [2.75, 3.05) is 12.9 Å². The van der Waals surface area contributed by atoms with Gasteiger partial charge < -0.3 is 9.53 Å². The van der Waals surface area contributed by atoms with E-state index in [1.54, 1.807) is 19.1 Å². The molecule has 17 heteroatoms. The van der Waals surface area contributed by atoms with E-state index in [-0.39, 0.29) is 36.0 Å². The number of carbonyl (C=O) groups is 2. The highest BCUT2D eigenvalue weighted by molar-refractivity contribution is 7.91. The van der Waals surface area contributed by atoms with E-state index in [0.717, 1.165) is 37.3 Å². The van der Waals surface area contributed by atoms with Gasteiger partial charge in [-0.1, -0.05) is 55.4 Å². The lowest BCUT2D eigenvalue weighted by molar-refractivity contribution is -0.608. The average Bonchev–Trinajstić information content (AvgIpc) is 3.34. The Labute approximate surface area is 417 Å². The van der Waals surface area contributed by atoms with Crippen LogP contribution in [0.5, 0.6) is 5.75 Å². The van der Waals surface area contributed by atoms with Crippen LogP contribution < -0.4 is 10.4 Å². The van der Waals surface area contributed by atoms with Crippen molar-refractivity contribution in [3.8, 4) is 148 Å². The highest BCUT2D eigenvalue weighted by Crippen LogP contribution is 2.35. The normalized spacial score (nSPS) is 8.55. The Kier molecular flexibility index (Phi) is 33.5. The summed E-state index contributed by atoms with van der Waals surface area (Å²) in [6, 6.07) is 9.18. The zero-order valence-corrected chi connectivity index (χ0v) is 38.0. The summed E-state index contributed by atoms with van der Waals surface area (Å²) in [7, 11) is -2.66. The van der Waals surface area contributed by atoms with Gasteiger partial charge in [-0.2, -0.15) is 0 Å². The number of benzene rings is 2. The van der Waals surface area contributed by atoms with E-state index in [1.807, 2.05) is 13.8 Å². The average molecular weight is 967 g/mol. The topological polar surface area (TPSA) is 199 Å². The minimum Gasteiger partial charge on any atom is -0.497 e. The monoisotopic (exact) mass is 966 g/mol. The second kappa shape index (κ2) is 38.2. The minimum atomic E-state index is -4.13. The molecule has 2 aromatic rings. The van der Waals surface area contributed by atoms with Crippen molar-refractivity contribution < 1.29 is 77.3 Å². The molecule has 0 aliphatic rings. The number of hydrogen-bond donors (Lipinski definition) is 3. The smallest absolute Gasteiger partial charge is 0.270 e. The van der Waals surface area contributed by atoms with E-state index in [9.17, 15) is 28.1 Å². The Morgan fingerprint density at radius 2 is 1.27 bits per heavy atom. The summed E-state index contributed by atoms with van der Waals surface area (Å²) in [4.78, 5) is 42.9. The summed E-state index contributed by atoms with van der Waals surface area (Å²) in [6.07, 6.45) is 9.47. The van der Waals surface area contributed by atoms with Crippen LogP contribution in [0, 0.1) is 158 Å². The molecule has 0 bridgehead atoms. The fraction of sp³-hybridized carbons (Fsp3) is 0.240. The van der Waals surface area contributed by atoms with Crippen LogP contribution in [0.3, 0.4) is 0 Å². The van der Waals surface area contributed by atoms with E-state index in [0.29, 0.717) is 31.4 Å². The molecule has 0 aromatic heterocycles. The maximum Gasteiger partial charge on any atom is 0.270 e. The number of nitrogens with zero attached hydrogens (tertiary/aromatic N) is 1. The van der Waals surface area contributed by atoms with E-state index in [2.05, 4.69) is 173 Å². The molecule has 0 unspecified atom stereocenters. The summed E-state index contributed by atoms with van der Waals surface area (Å²) >= 11 is 3.08. The molecule has 0 radical (unpaired) electrons. The standard InChI is InChI=1S/C25H31NO7S.C25H4.H3NO6S.14H2/c1-4-6-14-25(17-27,15-7-5-2)18-34(31,32)23-13-10-20(26(29)30)16-22(23)24(28)19-8-11-21(33-3)12-9-19;1-3-5-7-9-11-13-15-17-19-21-23-25-24-22-20-18-16-14-12-10-8-6-4-2;2-5-3-1-4-6-7-8;;;;;;;;;;;;;;/h8-13,16-17H,4-7,14-15,18H2,1-3H3;1H,2H3;1-2,8H;14*1H. The first-order chi connectivity index (χ1) is 32.5. The number of non-ortho nitro benzene ring substituents is 1. The molecule has 366 valence electrons. The van der Waals surface area contributed by atoms with Crippen molar-refractivity contribution in [1.82, 2.24) is 5.64 Å². The number of sulfone groups is 1. The van der Waals surface area contributed by atoms with Gasteiger partial charge in [-0.3, -0.25) is 14.9 Å². The van der Waals surface area contributed by atoms with Gasteiger partial charge in [-0.05, 0) is 161 Å². The van der Waals surface area contributed by atoms with Crippen molar-refractivity contribution in [2.24, 2.45) is 5.41 Å². The fourth-order valence-electron chi connectivity index (χ4n) is 4.66. The third-order valence-electron chi connectivity index (χ3n) is 7.51. The Morgan fingerprint density at radius 1 is 0.806 bits per heavy atom. The van der Waals surface area contributed by atoms with E-state index in [4.69, 9.17) is 16.4 Å². The van der Waals surface area contributed by atoms with Crippen LogP contribution in [0.15, 0.2) is 47.4 Å². The Balaban J connectivity index is -0.0000000644. The van der Waals surface area contributed by atoms with Gasteiger partial charge >= 0.3 is 0 Å². The Bertz CT molecular complexity index is 2940. The Morgan fingerprint density at radius 3 is 1.64 bits per heavy atom. The first-order valence-electron chi connectivity index (χ1n) is 18.9. The third-order valence-corrected chi connectivity index (χ3v) is 9.55. The third kappa shape index (κ3) is 27.5. The molecular weight excluding hydrogens is 901 g/mol. The molecule has 15 nitrogen and oxygen atoms in total. The molecular formula is C50H66N2O13S2. The van der Waals surface area contributed by atoms with Crippen molar-refractivity contribution in [3.05, 3.63) is 63.7 Å². The second-order valence-corrected chi connectivity index (χ2v) is 14.0. The molecule has 2 N–H and O–H groups in total. The number of rotatable bonds is 19. The maximum atomic E-state index is 13.6. The van der Waals surface area contributed by atoms with Crippen LogP contribution >= 0.6 is 12.9 Å². The molecule has 0 heterocycles. The maximum absolute atomic E-state index is 13.6. The lowest BCUT2D eigenvalue weighted by atomic mass is 9.81. The van der Waals surface area contributed by atoms with Crippen molar-refractivity contribution in [2.45, 2.75) is 64.2 Å². The number of ether oxygens (including phenoxy) is 1. The van der Waals surface area contributed by atoms with Gasteiger partial charge in [0.05, 0.1) is 22.7 Å². The zero-order chi connectivity index (χ0) is 49.9. The number of nitrogens with one attached hydrogen (secondary N) is 1. The van der Waals surface area contributed by atoms with Crippen LogP contribution in [-0.4, -0.2) is 43.5 Å². The number of nitro benzene ring substituents is 1. The van der Waals surface area contributed by atoms with E-state index < -0.39 is 37.4 Å². The summed E-state index contributed by atoms with van der Waals surface area (Å²) < 4.78 is 35.8. The predicted molar refractivity (Wildman–Crippen MR) is 279 cm³/mol. The van der Waals surface area contributed by atoms with Gasteiger partial charge in [0.2, 0.25) is 0 Å². The number of ketones is 1. The quantitative estimate of drug-likeness (QED) is 0.0139. The van der Waals surface area contributed by atoms with Gasteiger partial charge in [0.1, 0.15) is 12.0 Å². The lowest BCUT2D eigenvalue weighted by Gasteiger charge is -2.28. The fourth-order valence-corrected chi connectivity index (χ4v) is 6.73.